The van der Waals surface area contributed by atoms with Crippen LogP contribution in [0.1, 0.15) is 91.0 Å². The zero-order valence-electron chi connectivity index (χ0n) is 22.8. The lowest BCUT2D eigenvalue weighted by Crippen LogP contribution is -2.42. The molecule has 0 atom stereocenters. The van der Waals surface area contributed by atoms with Gasteiger partial charge in [-0.1, -0.05) is 12.8 Å². The number of piperidine rings is 1. The molecule has 2 aromatic heterocycles. The molecule has 1 aromatic carbocycles. The normalized spacial score (nSPS) is 22.5. The zero-order chi connectivity index (χ0) is 27.6. The Labute approximate surface area is 233 Å². The monoisotopic (exact) mass is 546 g/mol. The molecule has 1 saturated heterocycles. The van der Waals surface area contributed by atoms with Gasteiger partial charge in [-0.05, 0) is 75.6 Å². The highest BCUT2D eigenvalue weighted by Crippen LogP contribution is 2.34. The molecular formula is C29H38N8O3. The van der Waals surface area contributed by atoms with E-state index in [2.05, 4.69) is 15.2 Å². The number of carboxylic acids is 1. The van der Waals surface area contributed by atoms with Gasteiger partial charge in [0.25, 0.3) is 5.91 Å². The van der Waals surface area contributed by atoms with Gasteiger partial charge >= 0.3 is 5.97 Å². The van der Waals surface area contributed by atoms with E-state index in [1.807, 2.05) is 11.2 Å². The van der Waals surface area contributed by atoms with Crippen LogP contribution in [0.4, 0.5) is 11.8 Å². The number of nitrogens with one attached hydrogen (secondary N) is 2. The maximum absolute atomic E-state index is 13.0. The molecule has 1 aliphatic heterocycles. The van der Waals surface area contributed by atoms with Crippen molar-refractivity contribution in [3.05, 3.63) is 41.7 Å². The molecule has 6 rings (SSSR count). The van der Waals surface area contributed by atoms with Gasteiger partial charge in [-0.2, -0.15) is 9.97 Å². The van der Waals surface area contributed by atoms with Crippen LogP contribution in [0, 0.1) is 0 Å². The molecule has 3 aliphatic rings. The van der Waals surface area contributed by atoms with Crippen molar-refractivity contribution in [1.29, 1.82) is 0 Å². The van der Waals surface area contributed by atoms with E-state index in [9.17, 15) is 9.59 Å². The molecule has 1 amide bonds. The molecule has 3 aromatic rings. The third-order valence-electron chi connectivity index (χ3n) is 8.75. The summed E-state index contributed by atoms with van der Waals surface area (Å²) in [7, 11) is 0. The molecule has 11 nitrogen and oxygen atoms in total. The average molecular weight is 547 g/mol. The van der Waals surface area contributed by atoms with Crippen LogP contribution in [-0.4, -0.2) is 72.6 Å². The molecule has 3 heterocycles. The standard InChI is InChI=1S/C29H38N8O3/c30-20-9-11-21(12-10-20)33-29-34-25(24-26(35-29)37(17-31-24)23-3-1-2-4-23)32-22-13-15-36(16-14-22)27(38)18-5-7-19(8-6-18)28(39)40/h5-8,17,20-23H,1-4,9-16,30H2,(H,39,40)(H2,32,33,34,35). The van der Waals surface area contributed by atoms with E-state index < -0.39 is 5.97 Å². The fourth-order valence-corrected chi connectivity index (χ4v) is 6.34. The molecule has 0 unspecified atom stereocenters. The summed E-state index contributed by atoms with van der Waals surface area (Å²) in [6.07, 6.45) is 12.3. The first kappa shape index (κ1) is 26.5. The van der Waals surface area contributed by atoms with E-state index in [0.717, 1.165) is 68.3 Å². The smallest absolute Gasteiger partial charge is 0.335 e. The number of carbonyl (C=O) groups excluding carboxylic acids is 1. The second-order valence-electron chi connectivity index (χ2n) is 11.5. The molecule has 2 saturated carbocycles. The van der Waals surface area contributed by atoms with Gasteiger partial charge in [0.15, 0.2) is 17.0 Å². The highest BCUT2D eigenvalue weighted by atomic mass is 16.4. The highest BCUT2D eigenvalue weighted by molar-refractivity contribution is 5.96. The highest BCUT2D eigenvalue weighted by Gasteiger charge is 2.27. The summed E-state index contributed by atoms with van der Waals surface area (Å²) in [6.45, 7) is 1.21. The molecule has 5 N–H and O–H groups in total. The van der Waals surface area contributed by atoms with Crippen molar-refractivity contribution in [1.82, 2.24) is 24.4 Å². The number of hydrogen-bond donors (Lipinski definition) is 4. The summed E-state index contributed by atoms with van der Waals surface area (Å²) in [4.78, 5) is 40.6. The predicted molar refractivity (Wildman–Crippen MR) is 153 cm³/mol. The molecule has 3 fully saturated rings. The number of nitrogens with zero attached hydrogens (tertiary/aromatic N) is 5. The van der Waals surface area contributed by atoms with Gasteiger partial charge in [-0.15, -0.1) is 0 Å². The molecular weight excluding hydrogens is 508 g/mol. The largest absolute Gasteiger partial charge is 0.478 e. The molecule has 2 aliphatic carbocycles. The number of imidazole rings is 1. The van der Waals surface area contributed by atoms with Gasteiger partial charge < -0.3 is 30.9 Å². The van der Waals surface area contributed by atoms with Crippen molar-refractivity contribution in [2.45, 2.75) is 88.4 Å². The van der Waals surface area contributed by atoms with Gasteiger partial charge in [-0.25, -0.2) is 9.78 Å². The number of fused-ring (bicyclic) bond motifs is 1. The van der Waals surface area contributed by atoms with Crippen molar-refractivity contribution in [2.75, 3.05) is 23.7 Å². The number of aromatic carboxylic acids is 1. The Morgan fingerprint density at radius 2 is 1.50 bits per heavy atom. The van der Waals surface area contributed by atoms with Crippen LogP contribution in [0.3, 0.4) is 0 Å². The van der Waals surface area contributed by atoms with Crippen LogP contribution in [-0.2, 0) is 0 Å². The van der Waals surface area contributed by atoms with Crippen molar-refractivity contribution < 1.29 is 14.7 Å². The first-order chi connectivity index (χ1) is 19.4. The molecule has 11 heteroatoms. The number of rotatable bonds is 7. The second kappa shape index (κ2) is 11.4. The van der Waals surface area contributed by atoms with Crippen LogP contribution in [0.5, 0.6) is 0 Å². The summed E-state index contributed by atoms with van der Waals surface area (Å²) in [5.74, 6) is 0.298. The van der Waals surface area contributed by atoms with E-state index in [0.29, 0.717) is 36.7 Å². The van der Waals surface area contributed by atoms with Crippen molar-refractivity contribution >= 4 is 34.8 Å². The Kier molecular flexibility index (Phi) is 7.55. The number of aromatic nitrogens is 4. The Balaban J connectivity index is 1.17. The van der Waals surface area contributed by atoms with Crippen molar-refractivity contribution in [3.8, 4) is 0 Å². The van der Waals surface area contributed by atoms with Crippen LogP contribution in [0.25, 0.3) is 11.2 Å². The number of benzene rings is 1. The van der Waals surface area contributed by atoms with Crippen LogP contribution >= 0.6 is 0 Å². The summed E-state index contributed by atoms with van der Waals surface area (Å²) in [5.41, 5.74) is 8.46. The minimum absolute atomic E-state index is 0.0752. The van der Waals surface area contributed by atoms with Crippen molar-refractivity contribution in [3.63, 3.8) is 0 Å². The van der Waals surface area contributed by atoms with Gasteiger partial charge in [0, 0.05) is 42.8 Å². The molecule has 0 bridgehead atoms. The first-order valence-electron chi connectivity index (χ1n) is 14.6. The minimum Gasteiger partial charge on any atom is -0.478 e. The maximum Gasteiger partial charge on any atom is 0.335 e. The van der Waals surface area contributed by atoms with Crippen LogP contribution < -0.4 is 16.4 Å². The minimum atomic E-state index is -1.00. The average Bonchev–Trinajstić information content (AvgIpc) is 3.65. The Morgan fingerprint density at radius 3 is 2.17 bits per heavy atom. The Bertz CT molecular complexity index is 1350. The third-order valence-corrected chi connectivity index (χ3v) is 8.75. The molecule has 212 valence electrons. The predicted octanol–water partition coefficient (Wildman–Crippen LogP) is 4.04. The van der Waals surface area contributed by atoms with Gasteiger partial charge in [0.2, 0.25) is 5.95 Å². The fraction of sp³-hybridized carbons (Fsp3) is 0.552. The van der Waals surface area contributed by atoms with Crippen LogP contribution in [0.2, 0.25) is 0 Å². The first-order valence-corrected chi connectivity index (χ1v) is 14.6. The summed E-state index contributed by atoms with van der Waals surface area (Å²) < 4.78 is 2.23. The van der Waals surface area contributed by atoms with E-state index in [1.165, 1.54) is 25.0 Å². The lowest BCUT2D eigenvalue weighted by Gasteiger charge is -2.33. The number of hydrogen-bond acceptors (Lipinski definition) is 8. The number of nitrogens with two attached hydrogens (primary N) is 1. The van der Waals surface area contributed by atoms with Gasteiger partial charge in [-0.3, -0.25) is 4.79 Å². The number of likely N-dealkylation sites (tertiary alicyclic amines) is 1. The van der Waals surface area contributed by atoms with Gasteiger partial charge in [0.1, 0.15) is 0 Å². The molecule has 0 radical (unpaired) electrons. The van der Waals surface area contributed by atoms with E-state index in [-0.39, 0.29) is 23.6 Å². The van der Waals surface area contributed by atoms with E-state index in [1.54, 1.807) is 12.1 Å². The van der Waals surface area contributed by atoms with Crippen LogP contribution in [0.15, 0.2) is 30.6 Å². The molecule has 0 spiro atoms. The number of amides is 1. The second-order valence-corrected chi connectivity index (χ2v) is 11.5. The van der Waals surface area contributed by atoms with Gasteiger partial charge in [0.05, 0.1) is 11.9 Å². The summed E-state index contributed by atoms with van der Waals surface area (Å²) in [6, 6.07) is 7.29. The van der Waals surface area contributed by atoms with Crippen molar-refractivity contribution in [2.24, 2.45) is 5.73 Å². The SMILES string of the molecule is NC1CCC(Nc2nc(NC3CCN(C(=O)c4ccc(C(=O)O)cc4)CC3)c3ncn(C4CCCC4)c3n2)CC1. The Hall–Kier alpha value is -3.73. The van der Waals surface area contributed by atoms with E-state index in [4.69, 9.17) is 25.8 Å². The van der Waals surface area contributed by atoms with E-state index >= 15 is 0 Å². The number of carboxylic acid groups (broad SMARTS) is 1. The lowest BCUT2D eigenvalue weighted by molar-refractivity contribution is 0.0690. The lowest BCUT2D eigenvalue weighted by atomic mass is 9.92. The quantitative estimate of drug-likeness (QED) is 0.344. The topological polar surface area (TPSA) is 151 Å². The third kappa shape index (κ3) is 5.60. The summed E-state index contributed by atoms with van der Waals surface area (Å²) >= 11 is 0. The maximum atomic E-state index is 13.0. The fourth-order valence-electron chi connectivity index (χ4n) is 6.34. The summed E-state index contributed by atoms with van der Waals surface area (Å²) in [5, 5.41) is 16.3. The zero-order valence-corrected chi connectivity index (χ0v) is 22.8. The molecule has 40 heavy (non-hydrogen) atoms. The number of anilines is 2. The Morgan fingerprint density at radius 1 is 0.850 bits per heavy atom. The number of carbonyl (C=O) groups is 2.